The van der Waals surface area contributed by atoms with E-state index in [0.29, 0.717) is 31.7 Å². The number of pyridine rings is 1. The molecule has 1 atom stereocenters. The lowest BCUT2D eigenvalue weighted by atomic mass is 10.2. The van der Waals surface area contributed by atoms with Crippen LogP contribution in [0.1, 0.15) is 37.7 Å². The number of hydrogen-bond acceptors (Lipinski definition) is 4. The van der Waals surface area contributed by atoms with Crippen LogP contribution in [0.2, 0.25) is 0 Å². The fourth-order valence-electron chi connectivity index (χ4n) is 1.71. The Hall–Kier alpha value is -1.62. The van der Waals surface area contributed by atoms with E-state index in [1.165, 1.54) is 0 Å². The Bertz CT molecular complexity index is 405. The number of aliphatic hydroxyl groups excluding tert-OH is 1. The molecule has 1 unspecified atom stereocenters. The Morgan fingerprint density at radius 2 is 2.11 bits per heavy atom. The van der Waals surface area contributed by atoms with Crippen LogP contribution in [-0.4, -0.2) is 46.6 Å². The summed E-state index contributed by atoms with van der Waals surface area (Å²) in [6, 6.07) is 3.52. The third-order valence-electron chi connectivity index (χ3n) is 3.04. The van der Waals surface area contributed by atoms with Gasteiger partial charge in [0.1, 0.15) is 5.69 Å². The van der Waals surface area contributed by atoms with Crippen LogP contribution in [0.3, 0.4) is 0 Å². The van der Waals surface area contributed by atoms with Crippen LogP contribution in [0.5, 0.6) is 0 Å². The summed E-state index contributed by atoms with van der Waals surface area (Å²) in [5, 5.41) is 12.6. The third kappa shape index (κ3) is 4.52. The van der Waals surface area contributed by atoms with E-state index < -0.39 is 0 Å². The van der Waals surface area contributed by atoms with E-state index in [0.717, 1.165) is 5.69 Å². The number of aliphatic hydroxyl groups is 1. The Kier molecular flexibility index (Phi) is 6.29. The number of carbonyl (C=O) groups is 1. The van der Waals surface area contributed by atoms with E-state index in [1.807, 2.05) is 20.8 Å². The van der Waals surface area contributed by atoms with Gasteiger partial charge in [-0.15, -0.1) is 0 Å². The minimum atomic E-state index is -0.380. The Morgan fingerprint density at radius 1 is 1.42 bits per heavy atom. The fraction of sp³-hybridized carbons (Fsp3) is 0.571. The number of amides is 1. The Morgan fingerprint density at radius 3 is 2.68 bits per heavy atom. The standard InChI is InChI=1S/C14H23N3O2/c1-4-12(18)10-16-11-7-8-15-13(9-11)14(19)17(5-2)6-3/h7-9,12,18H,4-6,10H2,1-3H3,(H,15,16). The summed E-state index contributed by atoms with van der Waals surface area (Å²) in [5.41, 5.74) is 1.23. The van der Waals surface area contributed by atoms with Crippen LogP contribution in [0, 0.1) is 0 Å². The Balaban J connectivity index is 2.73. The molecule has 1 rings (SSSR count). The molecule has 19 heavy (non-hydrogen) atoms. The molecule has 0 aliphatic rings. The first-order valence-electron chi connectivity index (χ1n) is 6.79. The Labute approximate surface area is 114 Å². The zero-order valence-electron chi connectivity index (χ0n) is 11.9. The maximum Gasteiger partial charge on any atom is 0.272 e. The van der Waals surface area contributed by atoms with Crippen LogP contribution >= 0.6 is 0 Å². The molecule has 0 aliphatic heterocycles. The minimum Gasteiger partial charge on any atom is -0.391 e. The second-order valence-corrected chi connectivity index (χ2v) is 4.35. The number of hydrogen-bond donors (Lipinski definition) is 2. The van der Waals surface area contributed by atoms with Crippen LogP contribution < -0.4 is 5.32 Å². The topological polar surface area (TPSA) is 65.5 Å². The number of nitrogens with one attached hydrogen (secondary N) is 1. The lowest BCUT2D eigenvalue weighted by Gasteiger charge is -2.18. The highest BCUT2D eigenvalue weighted by Crippen LogP contribution is 2.10. The second kappa shape index (κ2) is 7.74. The highest BCUT2D eigenvalue weighted by atomic mass is 16.3. The number of aromatic nitrogens is 1. The molecule has 5 heteroatoms. The monoisotopic (exact) mass is 265 g/mol. The first kappa shape index (κ1) is 15.4. The first-order valence-corrected chi connectivity index (χ1v) is 6.79. The number of anilines is 1. The van der Waals surface area contributed by atoms with Gasteiger partial charge in [-0.3, -0.25) is 9.78 Å². The highest BCUT2D eigenvalue weighted by molar-refractivity contribution is 5.93. The van der Waals surface area contributed by atoms with Gasteiger partial charge >= 0.3 is 0 Å². The van der Waals surface area contributed by atoms with Gasteiger partial charge in [0.15, 0.2) is 0 Å². The van der Waals surface area contributed by atoms with Gasteiger partial charge in [-0.05, 0) is 32.4 Å². The lowest BCUT2D eigenvalue weighted by molar-refractivity contribution is 0.0767. The summed E-state index contributed by atoms with van der Waals surface area (Å²) in [7, 11) is 0. The van der Waals surface area contributed by atoms with Crippen molar-refractivity contribution in [1.82, 2.24) is 9.88 Å². The molecule has 0 bridgehead atoms. The SMILES string of the molecule is CCC(O)CNc1ccnc(C(=O)N(CC)CC)c1. The van der Waals surface area contributed by atoms with Crippen molar-refractivity contribution in [3.8, 4) is 0 Å². The first-order chi connectivity index (χ1) is 9.12. The predicted octanol–water partition coefficient (Wildman–Crippen LogP) is 1.75. The fourth-order valence-corrected chi connectivity index (χ4v) is 1.71. The van der Waals surface area contributed by atoms with Crippen LogP contribution in [-0.2, 0) is 0 Å². The highest BCUT2D eigenvalue weighted by Gasteiger charge is 2.14. The van der Waals surface area contributed by atoms with Crippen molar-refractivity contribution in [3.63, 3.8) is 0 Å². The molecule has 1 amide bonds. The maximum atomic E-state index is 12.1. The zero-order valence-corrected chi connectivity index (χ0v) is 11.9. The third-order valence-corrected chi connectivity index (χ3v) is 3.04. The van der Waals surface area contributed by atoms with Crippen LogP contribution in [0.15, 0.2) is 18.3 Å². The van der Waals surface area contributed by atoms with Gasteiger partial charge in [0.2, 0.25) is 0 Å². The quantitative estimate of drug-likeness (QED) is 0.788. The van der Waals surface area contributed by atoms with Crippen molar-refractivity contribution in [2.75, 3.05) is 25.0 Å². The molecule has 0 spiro atoms. The zero-order chi connectivity index (χ0) is 14.3. The second-order valence-electron chi connectivity index (χ2n) is 4.35. The minimum absolute atomic E-state index is 0.0651. The van der Waals surface area contributed by atoms with Crippen molar-refractivity contribution in [1.29, 1.82) is 0 Å². The summed E-state index contributed by atoms with van der Waals surface area (Å²) in [4.78, 5) is 18.0. The molecule has 0 aromatic carbocycles. The van der Waals surface area contributed by atoms with E-state index in [-0.39, 0.29) is 12.0 Å². The summed E-state index contributed by atoms with van der Waals surface area (Å²) < 4.78 is 0. The molecule has 5 nitrogen and oxygen atoms in total. The lowest BCUT2D eigenvalue weighted by Crippen LogP contribution is -2.31. The largest absolute Gasteiger partial charge is 0.391 e. The molecule has 0 saturated heterocycles. The average molecular weight is 265 g/mol. The van der Waals surface area contributed by atoms with Crippen molar-refractivity contribution >= 4 is 11.6 Å². The number of carbonyl (C=O) groups excluding carboxylic acids is 1. The molecule has 0 radical (unpaired) electrons. The van der Waals surface area contributed by atoms with E-state index in [9.17, 15) is 9.90 Å². The molecule has 106 valence electrons. The van der Waals surface area contributed by atoms with E-state index in [1.54, 1.807) is 23.2 Å². The normalized spacial score (nSPS) is 12.0. The maximum absolute atomic E-state index is 12.1. The summed E-state index contributed by atoms with van der Waals surface area (Å²) in [5.74, 6) is -0.0651. The molecule has 1 heterocycles. The predicted molar refractivity (Wildman–Crippen MR) is 76.3 cm³/mol. The molecule has 1 aromatic heterocycles. The van der Waals surface area contributed by atoms with Crippen molar-refractivity contribution in [2.24, 2.45) is 0 Å². The summed E-state index contributed by atoms with van der Waals surface area (Å²) >= 11 is 0. The van der Waals surface area contributed by atoms with Gasteiger partial charge < -0.3 is 15.3 Å². The summed E-state index contributed by atoms with van der Waals surface area (Å²) in [6.07, 6.45) is 1.93. The molecule has 0 fully saturated rings. The van der Waals surface area contributed by atoms with Crippen LogP contribution in [0.25, 0.3) is 0 Å². The van der Waals surface area contributed by atoms with E-state index in [4.69, 9.17) is 0 Å². The van der Waals surface area contributed by atoms with Gasteiger partial charge in [-0.25, -0.2) is 0 Å². The number of nitrogens with zero attached hydrogens (tertiary/aromatic N) is 2. The van der Waals surface area contributed by atoms with Crippen LogP contribution in [0.4, 0.5) is 5.69 Å². The van der Waals surface area contributed by atoms with Gasteiger partial charge in [0.25, 0.3) is 5.91 Å². The molecule has 0 saturated carbocycles. The van der Waals surface area contributed by atoms with Gasteiger partial charge in [0, 0.05) is 31.5 Å². The number of rotatable bonds is 7. The average Bonchev–Trinajstić information content (AvgIpc) is 2.46. The molecular weight excluding hydrogens is 242 g/mol. The summed E-state index contributed by atoms with van der Waals surface area (Å²) in [6.45, 7) is 7.63. The van der Waals surface area contributed by atoms with Crippen molar-refractivity contribution < 1.29 is 9.90 Å². The molecule has 1 aromatic rings. The van der Waals surface area contributed by atoms with Gasteiger partial charge in [-0.2, -0.15) is 0 Å². The van der Waals surface area contributed by atoms with Gasteiger partial charge in [-0.1, -0.05) is 6.92 Å². The van der Waals surface area contributed by atoms with Crippen molar-refractivity contribution in [2.45, 2.75) is 33.3 Å². The van der Waals surface area contributed by atoms with E-state index in [2.05, 4.69) is 10.3 Å². The molecule has 2 N–H and O–H groups in total. The molecule has 0 aliphatic carbocycles. The van der Waals surface area contributed by atoms with E-state index >= 15 is 0 Å². The van der Waals surface area contributed by atoms with Crippen molar-refractivity contribution in [3.05, 3.63) is 24.0 Å². The smallest absolute Gasteiger partial charge is 0.272 e. The molecular formula is C14H23N3O2. The van der Waals surface area contributed by atoms with Gasteiger partial charge in [0.05, 0.1) is 6.10 Å².